The van der Waals surface area contributed by atoms with Crippen LogP contribution < -0.4 is 0 Å². The Labute approximate surface area is 114 Å². The fourth-order valence-electron chi connectivity index (χ4n) is 2.63. The number of hydrogen-bond donors (Lipinski definition) is 0. The van der Waals surface area contributed by atoms with Crippen LogP contribution in [0.2, 0.25) is 5.02 Å². The molecule has 0 N–H and O–H groups in total. The van der Waals surface area contributed by atoms with Gasteiger partial charge in [0.1, 0.15) is 0 Å². The number of halogens is 1. The summed E-state index contributed by atoms with van der Waals surface area (Å²) in [5.41, 5.74) is 0.652. The Morgan fingerprint density at radius 1 is 1.33 bits per heavy atom. The predicted molar refractivity (Wildman–Crippen MR) is 75.3 cm³/mol. The number of rotatable bonds is 5. The van der Waals surface area contributed by atoms with Crippen molar-refractivity contribution in [1.82, 2.24) is 4.90 Å². The lowest BCUT2D eigenvalue weighted by Crippen LogP contribution is -2.31. The Morgan fingerprint density at radius 3 is 2.67 bits per heavy atom. The van der Waals surface area contributed by atoms with Gasteiger partial charge in [-0.3, -0.25) is 4.79 Å². The molecule has 0 heterocycles. The van der Waals surface area contributed by atoms with E-state index in [0.717, 1.165) is 6.54 Å². The molecule has 1 aliphatic rings. The van der Waals surface area contributed by atoms with E-state index < -0.39 is 0 Å². The van der Waals surface area contributed by atoms with Gasteiger partial charge < -0.3 is 4.90 Å². The topological polar surface area (TPSA) is 20.3 Å². The lowest BCUT2D eigenvalue weighted by atomic mass is 10.1. The van der Waals surface area contributed by atoms with E-state index in [0.29, 0.717) is 23.0 Å². The molecule has 0 spiro atoms. The van der Waals surface area contributed by atoms with Crippen LogP contribution in [0.25, 0.3) is 0 Å². The largest absolute Gasteiger partial charge is 0.303 e. The highest BCUT2D eigenvalue weighted by Crippen LogP contribution is 2.23. The van der Waals surface area contributed by atoms with Crippen LogP contribution in [0, 0.1) is 0 Å². The van der Waals surface area contributed by atoms with Crippen molar-refractivity contribution >= 4 is 17.4 Å². The third kappa shape index (κ3) is 3.33. The van der Waals surface area contributed by atoms with Crippen molar-refractivity contribution in [2.24, 2.45) is 0 Å². The maximum absolute atomic E-state index is 12.1. The molecule has 3 heteroatoms. The van der Waals surface area contributed by atoms with Crippen LogP contribution in [0.15, 0.2) is 24.3 Å². The molecule has 0 radical (unpaired) electrons. The quantitative estimate of drug-likeness (QED) is 0.755. The van der Waals surface area contributed by atoms with Crippen LogP contribution >= 0.6 is 11.6 Å². The summed E-state index contributed by atoms with van der Waals surface area (Å²) in [6.45, 7) is 0.828. The first-order valence-corrected chi connectivity index (χ1v) is 7.04. The van der Waals surface area contributed by atoms with E-state index in [2.05, 4.69) is 11.9 Å². The molecule has 98 valence electrons. The van der Waals surface area contributed by atoms with Crippen molar-refractivity contribution < 1.29 is 4.79 Å². The van der Waals surface area contributed by atoms with Crippen LogP contribution in [0.4, 0.5) is 0 Å². The normalized spacial score (nSPS) is 16.4. The molecule has 2 nitrogen and oxygen atoms in total. The first-order chi connectivity index (χ1) is 8.68. The first kappa shape index (κ1) is 13.6. The molecule has 2 rings (SSSR count). The van der Waals surface area contributed by atoms with Crippen LogP contribution in [0.3, 0.4) is 0 Å². The molecule has 1 aliphatic carbocycles. The van der Waals surface area contributed by atoms with Crippen molar-refractivity contribution in [2.45, 2.75) is 38.1 Å². The van der Waals surface area contributed by atoms with Gasteiger partial charge in [-0.15, -0.1) is 0 Å². The highest BCUT2D eigenvalue weighted by molar-refractivity contribution is 6.33. The van der Waals surface area contributed by atoms with E-state index in [4.69, 9.17) is 11.6 Å². The van der Waals surface area contributed by atoms with Crippen LogP contribution in [0.1, 0.15) is 42.5 Å². The highest BCUT2D eigenvalue weighted by atomic mass is 35.5. The van der Waals surface area contributed by atoms with Gasteiger partial charge in [0.15, 0.2) is 5.78 Å². The Kier molecular flexibility index (Phi) is 4.79. The van der Waals surface area contributed by atoms with Gasteiger partial charge >= 0.3 is 0 Å². The molecule has 1 saturated carbocycles. The Bertz CT molecular complexity index is 413. The molecule has 0 bridgehead atoms. The molecule has 1 fully saturated rings. The van der Waals surface area contributed by atoms with Crippen LogP contribution in [-0.2, 0) is 0 Å². The van der Waals surface area contributed by atoms with E-state index in [1.165, 1.54) is 25.7 Å². The second kappa shape index (κ2) is 6.35. The summed E-state index contributed by atoms with van der Waals surface area (Å²) >= 11 is 6.03. The van der Waals surface area contributed by atoms with Crippen LogP contribution in [0.5, 0.6) is 0 Å². The summed E-state index contributed by atoms with van der Waals surface area (Å²) < 4.78 is 0. The molecular weight excluding hydrogens is 246 g/mol. The molecule has 0 saturated heterocycles. The van der Waals surface area contributed by atoms with E-state index in [-0.39, 0.29) is 5.78 Å². The van der Waals surface area contributed by atoms with Gasteiger partial charge in [-0.05, 0) is 32.0 Å². The smallest absolute Gasteiger partial charge is 0.165 e. The molecule has 0 atom stereocenters. The fraction of sp³-hybridized carbons (Fsp3) is 0.533. The summed E-state index contributed by atoms with van der Waals surface area (Å²) in [5.74, 6) is 0.144. The number of ketones is 1. The van der Waals surface area contributed by atoms with E-state index in [9.17, 15) is 4.79 Å². The van der Waals surface area contributed by atoms with Gasteiger partial charge in [0, 0.05) is 24.6 Å². The Balaban J connectivity index is 1.86. The zero-order valence-corrected chi connectivity index (χ0v) is 11.6. The summed E-state index contributed by atoms with van der Waals surface area (Å²) in [5, 5.41) is 0.561. The monoisotopic (exact) mass is 265 g/mol. The summed E-state index contributed by atoms with van der Waals surface area (Å²) in [6.07, 6.45) is 5.76. The van der Waals surface area contributed by atoms with Crippen molar-refractivity contribution in [3.63, 3.8) is 0 Å². The number of Topliss-reactive ketones (excluding diaryl/α,β-unsaturated/α-hetero) is 1. The molecule has 0 amide bonds. The minimum atomic E-state index is 0.144. The van der Waals surface area contributed by atoms with Gasteiger partial charge in [0.25, 0.3) is 0 Å². The number of carbonyl (C=O) groups is 1. The van der Waals surface area contributed by atoms with Crippen molar-refractivity contribution in [3.05, 3.63) is 34.9 Å². The average Bonchev–Trinajstić information content (AvgIpc) is 2.90. The summed E-state index contributed by atoms with van der Waals surface area (Å²) in [6, 6.07) is 7.96. The maximum Gasteiger partial charge on any atom is 0.165 e. The number of hydrogen-bond acceptors (Lipinski definition) is 2. The third-order valence-corrected chi connectivity index (χ3v) is 4.14. The minimum absolute atomic E-state index is 0.144. The molecule has 0 aliphatic heterocycles. The summed E-state index contributed by atoms with van der Waals surface area (Å²) in [4.78, 5) is 14.4. The van der Waals surface area contributed by atoms with E-state index in [1.54, 1.807) is 12.1 Å². The second-order valence-corrected chi connectivity index (χ2v) is 5.48. The third-order valence-electron chi connectivity index (χ3n) is 3.81. The predicted octanol–water partition coefficient (Wildman–Crippen LogP) is 3.79. The number of nitrogens with zero attached hydrogens (tertiary/aromatic N) is 1. The van der Waals surface area contributed by atoms with Gasteiger partial charge in [-0.2, -0.15) is 0 Å². The Hall–Kier alpha value is -0.860. The van der Waals surface area contributed by atoms with E-state index >= 15 is 0 Å². The van der Waals surface area contributed by atoms with E-state index in [1.807, 2.05) is 12.1 Å². The lowest BCUT2D eigenvalue weighted by molar-refractivity contribution is 0.0961. The molecule has 1 aromatic rings. The van der Waals surface area contributed by atoms with Gasteiger partial charge in [0.2, 0.25) is 0 Å². The molecule has 1 aromatic carbocycles. The average molecular weight is 266 g/mol. The standard InChI is InChI=1S/C15H20ClNO/c1-17(12-6-2-3-7-12)11-10-15(18)13-8-4-5-9-14(13)16/h4-5,8-9,12H,2-3,6-7,10-11H2,1H3. The summed E-state index contributed by atoms with van der Waals surface area (Å²) in [7, 11) is 2.12. The fourth-order valence-corrected chi connectivity index (χ4v) is 2.87. The Morgan fingerprint density at radius 2 is 2.00 bits per heavy atom. The van der Waals surface area contributed by atoms with Crippen molar-refractivity contribution in [2.75, 3.05) is 13.6 Å². The van der Waals surface area contributed by atoms with Gasteiger partial charge in [0.05, 0.1) is 5.02 Å². The van der Waals surface area contributed by atoms with Crippen molar-refractivity contribution in [1.29, 1.82) is 0 Å². The number of benzene rings is 1. The van der Waals surface area contributed by atoms with Crippen LogP contribution in [-0.4, -0.2) is 30.3 Å². The molecule has 18 heavy (non-hydrogen) atoms. The zero-order chi connectivity index (χ0) is 13.0. The van der Waals surface area contributed by atoms with Gasteiger partial charge in [-0.25, -0.2) is 0 Å². The molecular formula is C15H20ClNO. The SMILES string of the molecule is CN(CCC(=O)c1ccccc1Cl)C1CCCC1. The van der Waals surface area contributed by atoms with Gasteiger partial charge in [-0.1, -0.05) is 36.6 Å². The highest BCUT2D eigenvalue weighted by Gasteiger charge is 2.20. The minimum Gasteiger partial charge on any atom is -0.303 e. The molecule has 0 unspecified atom stereocenters. The lowest BCUT2D eigenvalue weighted by Gasteiger charge is -2.23. The maximum atomic E-state index is 12.1. The zero-order valence-electron chi connectivity index (χ0n) is 10.9. The number of carbonyl (C=O) groups excluding carboxylic acids is 1. The van der Waals surface area contributed by atoms with Crippen molar-refractivity contribution in [3.8, 4) is 0 Å². The first-order valence-electron chi connectivity index (χ1n) is 6.66. The molecule has 0 aromatic heterocycles. The second-order valence-electron chi connectivity index (χ2n) is 5.07.